The van der Waals surface area contributed by atoms with Crippen molar-refractivity contribution in [1.82, 2.24) is 20.1 Å². The van der Waals surface area contributed by atoms with Crippen LogP contribution in [0.25, 0.3) is 0 Å². The van der Waals surface area contributed by atoms with E-state index in [1.54, 1.807) is 11.8 Å². The summed E-state index contributed by atoms with van der Waals surface area (Å²) in [7, 11) is 0. The number of guanidine groups is 1. The SMILES string of the molecule is C#C.Cc1cccc(N=C(N)NC(=O)c2sc(C)nc2C)c1.O=C(CN1CCCCCC1=O)N1CCCC1. The number of nitrogens with one attached hydrogen (secondary N) is 1. The number of amides is 3. The first-order chi connectivity index (χ1) is 18.2. The third-order valence-electron chi connectivity index (χ3n) is 6.06. The number of nitrogens with zero attached hydrogens (tertiary/aromatic N) is 4. The van der Waals surface area contributed by atoms with Crippen LogP contribution in [0, 0.1) is 33.6 Å². The summed E-state index contributed by atoms with van der Waals surface area (Å²) in [5, 5.41) is 3.43. The summed E-state index contributed by atoms with van der Waals surface area (Å²) in [5.74, 6) is 0.0888. The van der Waals surface area contributed by atoms with Gasteiger partial charge in [0.25, 0.3) is 5.91 Å². The standard InChI is InChI=1S/C14H16N4OS.C12H20N2O2.C2H2/c1-8-5-4-6-11(7-8)17-14(15)18-13(19)12-9(2)16-10(3)20-12;15-11-6-2-1-3-9-14(11)10-12(16)13-7-4-5-8-13;1-2/h4-7H,1-3H3,(H3,15,17,18,19);1-10H2;1-2H. The zero-order valence-electron chi connectivity index (χ0n) is 22.5. The second-order valence-corrected chi connectivity index (χ2v) is 10.4. The van der Waals surface area contributed by atoms with E-state index < -0.39 is 0 Å². The van der Waals surface area contributed by atoms with Crippen LogP contribution in [-0.4, -0.2) is 64.6 Å². The normalized spacial score (nSPS) is 15.5. The number of nitrogens with two attached hydrogens (primary N) is 1. The van der Waals surface area contributed by atoms with Crippen LogP contribution in [0.4, 0.5) is 5.69 Å². The number of terminal acetylenes is 1. The van der Waals surface area contributed by atoms with Gasteiger partial charge in [-0.15, -0.1) is 24.2 Å². The Labute approximate surface area is 229 Å². The van der Waals surface area contributed by atoms with Gasteiger partial charge < -0.3 is 15.5 Å². The molecule has 0 aliphatic carbocycles. The molecule has 3 N–H and O–H groups in total. The molecule has 38 heavy (non-hydrogen) atoms. The first kappa shape index (κ1) is 30.5. The van der Waals surface area contributed by atoms with Crippen molar-refractivity contribution in [3.63, 3.8) is 0 Å². The fraction of sp³-hybridized carbons (Fsp3) is 0.464. The van der Waals surface area contributed by atoms with Gasteiger partial charge in [-0.2, -0.15) is 0 Å². The molecule has 3 amide bonds. The molecule has 4 rings (SSSR count). The highest BCUT2D eigenvalue weighted by molar-refractivity contribution is 7.13. The van der Waals surface area contributed by atoms with Crippen molar-refractivity contribution in [2.24, 2.45) is 10.7 Å². The average molecular weight is 539 g/mol. The van der Waals surface area contributed by atoms with E-state index in [1.165, 1.54) is 11.3 Å². The van der Waals surface area contributed by atoms with E-state index in [2.05, 4.69) is 28.1 Å². The Hall–Kier alpha value is -3.71. The second kappa shape index (κ2) is 15.5. The lowest BCUT2D eigenvalue weighted by atomic mass is 10.2. The number of aliphatic imine (C=N–C) groups is 1. The molecule has 0 unspecified atom stereocenters. The number of benzene rings is 1. The van der Waals surface area contributed by atoms with E-state index in [0.29, 0.717) is 29.2 Å². The van der Waals surface area contributed by atoms with E-state index in [9.17, 15) is 14.4 Å². The van der Waals surface area contributed by atoms with Crippen LogP contribution < -0.4 is 11.1 Å². The Morgan fingerprint density at radius 1 is 1.08 bits per heavy atom. The number of thiazole rings is 1. The number of aromatic nitrogens is 1. The number of hydrogen-bond acceptors (Lipinski definition) is 6. The average Bonchev–Trinajstić information content (AvgIpc) is 3.49. The zero-order chi connectivity index (χ0) is 28.1. The Bertz CT molecular complexity index is 1150. The molecule has 2 aromatic rings. The minimum Gasteiger partial charge on any atom is -0.369 e. The lowest BCUT2D eigenvalue weighted by Crippen LogP contribution is -2.41. The lowest BCUT2D eigenvalue weighted by molar-refractivity contribution is -0.139. The number of carbonyl (C=O) groups is 3. The molecule has 204 valence electrons. The molecule has 2 aliphatic rings. The van der Waals surface area contributed by atoms with Crippen LogP contribution in [-0.2, 0) is 9.59 Å². The maximum Gasteiger partial charge on any atom is 0.269 e. The molecule has 2 saturated heterocycles. The number of rotatable bonds is 4. The third-order valence-corrected chi connectivity index (χ3v) is 7.13. The van der Waals surface area contributed by atoms with Crippen molar-refractivity contribution < 1.29 is 14.4 Å². The third kappa shape index (κ3) is 9.63. The van der Waals surface area contributed by atoms with Gasteiger partial charge in [-0.05, 0) is 64.2 Å². The molecule has 1 aromatic heterocycles. The monoisotopic (exact) mass is 538 g/mol. The van der Waals surface area contributed by atoms with Crippen molar-refractivity contribution in [3.8, 4) is 12.8 Å². The highest BCUT2D eigenvalue weighted by atomic mass is 32.1. The van der Waals surface area contributed by atoms with E-state index in [1.807, 2.05) is 43.0 Å². The first-order valence-electron chi connectivity index (χ1n) is 12.8. The predicted octanol–water partition coefficient (Wildman–Crippen LogP) is 3.71. The van der Waals surface area contributed by atoms with E-state index in [0.717, 1.165) is 62.3 Å². The number of hydrogen-bond donors (Lipinski definition) is 2. The summed E-state index contributed by atoms with van der Waals surface area (Å²) < 4.78 is 0. The van der Waals surface area contributed by atoms with Gasteiger partial charge in [0.1, 0.15) is 4.88 Å². The summed E-state index contributed by atoms with van der Waals surface area (Å²) in [6.07, 6.45) is 14.0. The summed E-state index contributed by atoms with van der Waals surface area (Å²) in [6.45, 7) is 8.45. The number of aryl methyl sites for hydroxylation is 3. The van der Waals surface area contributed by atoms with Crippen LogP contribution in [0.3, 0.4) is 0 Å². The smallest absolute Gasteiger partial charge is 0.269 e. The molecule has 0 radical (unpaired) electrons. The summed E-state index contributed by atoms with van der Waals surface area (Å²) in [4.78, 5) is 48.2. The Morgan fingerprint density at radius 2 is 1.76 bits per heavy atom. The van der Waals surface area contributed by atoms with Gasteiger partial charge in [0.2, 0.25) is 17.8 Å². The zero-order valence-corrected chi connectivity index (χ0v) is 23.4. The minimum absolute atomic E-state index is 0.0750. The minimum atomic E-state index is -0.276. The molecular formula is C28H38N6O3S. The van der Waals surface area contributed by atoms with Gasteiger partial charge in [-0.25, -0.2) is 9.98 Å². The highest BCUT2D eigenvalue weighted by Crippen LogP contribution is 2.17. The first-order valence-corrected chi connectivity index (χ1v) is 13.6. The van der Waals surface area contributed by atoms with Gasteiger partial charge >= 0.3 is 0 Å². The van der Waals surface area contributed by atoms with E-state index in [-0.39, 0.29) is 23.7 Å². The van der Waals surface area contributed by atoms with E-state index in [4.69, 9.17) is 5.73 Å². The Morgan fingerprint density at radius 3 is 2.39 bits per heavy atom. The van der Waals surface area contributed by atoms with Crippen LogP contribution in [0.1, 0.15) is 64.5 Å². The van der Waals surface area contributed by atoms with Crippen LogP contribution in [0.5, 0.6) is 0 Å². The molecule has 0 atom stereocenters. The molecule has 0 spiro atoms. The van der Waals surface area contributed by atoms with Gasteiger partial charge in [0, 0.05) is 26.1 Å². The van der Waals surface area contributed by atoms with Crippen LogP contribution in [0.15, 0.2) is 29.3 Å². The molecular weight excluding hydrogens is 500 g/mol. The Kier molecular flexibility index (Phi) is 12.5. The fourth-order valence-corrected chi connectivity index (χ4v) is 5.03. The molecule has 9 nitrogen and oxygen atoms in total. The highest BCUT2D eigenvalue weighted by Gasteiger charge is 2.23. The predicted molar refractivity (Wildman–Crippen MR) is 152 cm³/mol. The molecule has 3 heterocycles. The maximum atomic E-state index is 12.0. The summed E-state index contributed by atoms with van der Waals surface area (Å²) in [6, 6.07) is 7.58. The molecule has 0 bridgehead atoms. The van der Waals surface area contributed by atoms with Gasteiger partial charge in [0.15, 0.2) is 0 Å². The molecule has 1 aromatic carbocycles. The molecule has 10 heteroatoms. The summed E-state index contributed by atoms with van der Waals surface area (Å²) >= 11 is 1.34. The molecule has 0 saturated carbocycles. The quantitative estimate of drug-likeness (QED) is 0.349. The van der Waals surface area contributed by atoms with E-state index >= 15 is 0 Å². The van der Waals surface area contributed by atoms with Crippen molar-refractivity contribution in [2.75, 3.05) is 26.2 Å². The summed E-state index contributed by atoms with van der Waals surface area (Å²) in [5.41, 5.74) is 8.25. The lowest BCUT2D eigenvalue weighted by Gasteiger charge is -2.23. The molecule has 2 fully saturated rings. The largest absolute Gasteiger partial charge is 0.369 e. The van der Waals surface area contributed by atoms with Crippen molar-refractivity contribution in [3.05, 3.63) is 45.4 Å². The number of likely N-dealkylation sites (tertiary alicyclic amines) is 2. The van der Waals surface area contributed by atoms with Gasteiger partial charge in [-0.1, -0.05) is 18.6 Å². The Balaban J connectivity index is 0.000000256. The van der Waals surface area contributed by atoms with Crippen molar-refractivity contribution in [2.45, 2.75) is 59.3 Å². The van der Waals surface area contributed by atoms with Crippen molar-refractivity contribution in [1.29, 1.82) is 0 Å². The van der Waals surface area contributed by atoms with Gasteiger partial charge in [-0.3, -0.25) is 19.7 Å². The number of carbonyl (C=O) groups excluding carboxylic acids is 3. The van der Waals surface area contributed by atoms with Gasteiger partial charge in [0.05, 0.1) is 22.9 Å². The fourth-order valence-electron chi connectivity index (χ4n) is 4.22. The van der Waals surface area contributed by atoms with Crippen LogP contribution in [0.2, 0.25) is 0 Å². The molecule has 2 aliphatic heterocycles. The van der Waals surface area contributed by atoms with Crippen molar-refractivity contribution >= 4 is 40.7 Å². The second-order valence-electron chi connectivity index (χ2n) is 9.15. The van der Waals surface area contributed by atoms with Crippen LogP contribution >= 0.6 is 11.3 Å². The maximum absolute atomic E-state index is 12.0. The topological polar surface area (TPSA) is 121 Å².